The van der Waals surface area contributed by atoms with Crippen LogP contribution in [0.15, 0.2) is 42.7 Å². The lowest BCUT2D eigenvalue weighted by Gasteiger charge is -2.03. The molecule has 7 heteroatoms. The van der Waals surface area contributed by atoms with Gasteiger partial charge in [-0.05, 0) is 30.3 Å². The molecule has 0 aliphatic rings. The molecule has 22 heavy (non-hydrogen) atoms. The molecule has 1 N–H and O–H groups in total. The number of nitrogens with one attached hydrogen (secondary N) is 1. The number of benzene rings is 1. The first-order valence-corrected chi connectivity index (χ1v) is 6.77. The van der Waals surface area contributed by atoms with Gasteiger partial charge in [0.15, 0.2) is 11.6 Å². The van der Waals surface area contributed by atoms with E-state index in [4.69, 9.17) is 11.6 Å². The standard InChI is InChI=1S/C15H10ClF2N3O/c16-10-3-4-21-8-11(20-14(21)6-10)7-19-15(22)9-1-2-12(17)13(18)5-9/h1-6,8H,7H2,(H,19,22). The Morgan fingerprint density at radius 2 is 2.05 bits per heavy atom. The number of pyridine rings is 1. The summed E-state index contributed by atoms with van der Waals surface area (Å²) in [5.41, 5.74) is 1.33. The third-order valence-corrected chi connectivity index (χ3v) is 3.32. The lowest BCUT2D eigenvalue weighted by Crippen LogP contribution is -2.23. The van der Waals surface area contributed by atoms with Crippen molar-refractivity contribution in [1.29, 1.82) is 0 Å². The molecule has 1 amide bonds. The first-order valence-electron chi connectivity index (χ1n) is 6.39. The summed E-state index contributed by atoms with van der Waals surface area (Å²) >= 11 is 5.87. The fourth-order valence-electron chi connectivity index (χ4n) is 2.01. The maximum atomic E-state index is 13.1. The predicted molar refractivity (Wildman–Crippen MR) is 77.7 cm³/mol. The number of halogens is 3. The van der Waals surface area contributed by atoms with Gasteiger partial charge in [0.05, 0.1) is 12.2 Å². The number of hydrogen-bond donors (Lipinski definition) is 1. The van der Waals surface area contributed by atoms with Crippen LogP contribution in [0.1, 0.15) is 16.1 Å². The van der Waals surface area contributed by atoms with E-state index in [2.05, 4.69) is 10.3 Å². The average molecular weight is 322 g/mol. The van der Waals surface area contributed by atoms with Gasteiger partial charge in [-0.15, -0.1) is 0 Å². The van der Waals surface area contributed by atoms with Gasteiger partial charge >= 0.3 is 0 Å². The molecule has 3 aromatic rings. The minimum atomic E-state index is -1.06. The molecule has 0 saturated heterocycles. The van der Waals surface area contributed by atoms with Gasteiger partial charge in [-0.1, -0.05) is 11.6 Å². The number of imidazole rings is 1. The Kier molecular flexibility index (Phi) is 3.77. The zero-order chi connectivity index (χ0) is 15.7. The second-order valence-electron chi connectivity index (χ2n) is 4.65. The van der Waals surface area contributed by atoms with Crippen LogP contribution in [0, 0.1) is 11.6 Å². The highest BCUT2D eigenvalue weighted by Crippen LogP contribution is 2.13. The summed E-state index contributed by atoms with van der Waals surface area (Å²) in [7, 11) is 0. The van der Waals surface area contributed by atoms with Crippen LogP contribution in [0.5, 0.6) is 0 Å². The Labute approximate surface area is 129 Å². The molecule has 0 bridgehead atoms. The molecular weight excluding hydrogens is 312 g/mol. The molecule has 0 aliphatic carbocycles. The lowest BCUT2D eigenvalue weighted by atomic mass is 10.2. The van der Waals surface area contributed by atoms with Crippen LogP contribution >= 0.6 is 11.6 Å². The van der Waals surface area contributed by atoms with E-state index in [1.54, 1.807) is 28.9 Å². The molecule has 112 valence electrons. The zero-order valence-corrected chi connectivity index (χ0v) is 11.9. The molecule has 0 spiro atoms. The van der Waals surface area contributed by atoms with E-state index < -0.39 is 17.5 Å². The summed E-state index contributed by atoms with van der Waals surface area (Å²) in [4.78, 5) is 16.2. The van der Waals surface area contributed by atoms with E-state index in [9.17, 15) is 13.6 Å². The second-order valence-corrected chi connectivity index (χ2v) is 5.09. The fourth-order valence-corrected chi connectivity index (χ4v) is 2.16. The van der Waals surface area contributed by atoms with Crippen LogP contribution in [0.3, 0.4) is 0 Å². The SMILES string of the molecule is O=C(NCc1cn2ccc(Cl)cc2n1)c1ccc(F)c(F)c1. The molecule has 1 aromatic carbocycles. The fraction of sp³-hybridized carbons (Fsp3) is 0.0667. The summed E-state index contributed by atoms with van der Waals surface area (Å²) in [6, 6.07) is 6.41. The van der Waals surface area contributed by atoms with E-state index in [0.29, 0.717) is 16.4 Å². The van der Waals surface area contributed by atoms with E-state index in [-0.39, 0.29) is 12.1 Å². The highest BCUT2D eigenvalue weighted by atomic mass is 35.5. The molecule has 0 atom stereocenters. The second kappa shape index (κ2) is 5.73. The predicted octanol–water partition coefficient (Wildman–Crippen LogP) is 3.20. The number of carbonyl (C=O) groups excluding carboxylic acids is 1. The maximum absolute atomic E-state index is 13.1. The van der Waals surface area contributed by atoms with Gasteiger partial charge in [-0.3, -0.25) is 4.79 Å². The number of carbonyl (C=O) groups is 1. The first-order chi connectivity index (χ1) is 10.5. The Bertz CT molecular complexity index is 863. The van der Waals surface area contributed by atoms with Crippen molar-refractivity contribution in [3.8, 4) is 0 Å². The first kappa shape index (κ1) is 14.5. The number of amides is 1. The Morgan fingerprint density at radius 1 is 1.23 bits per heavy atom. The molecule has 0 fully saturated rings. The molecule has 3 rings (SSSR count). The largest absolute Gasteiger partial charge is 0.346 e. The maximum Gasteiger partial charge on any atom is 0.251 e. The monoisotopic (exact) mass is 321 g/mol. The summed E-state index contributed by atoms with van der Waals surface area (Å²) in [5.74, 6) is -2.56. The smallest absolute Gasteiger partial charge is 0.251 e. The number of aromatic nitrogens is 2. The van der Waals surface area contributed by atoms with Crippen molar-refractivity contribution in [2.75, 3.05) is 0 Å². The molecular formula is C15H10ClF2N3O. The summed E-state index contributed by atoms with van der Waals surface area (Å²) in [6.45, 7) is 0.164. The minimum absolute atomic E-state index is 0.0470. The Balaban J connectivity index is 1.72. The van der Waals surface area contributed by atoms with Crippen LogP contribution in [0.2, 0.25) is 5.02 Å². The van der Waals surface area contributed by atoms with E-state index in [1.807, 2.05) is 0 Å². The summed E-state index contributed by atoms with van der Waals surface area (Å²) in [6.07, 6.45) is 3.50. The van der Waals surface area contributed by atoms with Crippen molar-refractivity contribution in [2.24, 2.45) is 0 Å². The molecule has 2 aromatic heterocycles. The highest BCUT2D eigenvalue weighted by molar-refractivity contribution is 6.30. The van der Waals surface area contributed by atoms with Crippen molar-refractivity contribution in [1.82, 2.24) is 14.7 Å². The van der Waals surface area contributed by atoms with Crippen molar-refractivity contribution in [2.45, 2.75) is 6.54 Å². The molecule has 0 unspecified atom stereocenters. The summed E-state index contributed by atoms with van der Waals surface area (Å²) < 4.78 is 27.7. The van der Waals surface area contributed by atoms with Gasteiger partial charge in [0, 0.05) is 23.0 Å². The number of hydrogen-bond acceptors (Lipinski definition) is 2. The Hall–Kier alpha value is -2.47. The normalized spacial score (nSPS) is 10.9. The van der Waals surface area contributed by atoms with Gasteiger partial charge in [0.1, 0.15) is 5.65 Å². The van der Waals surface area contributed by atoms with Gasteiger partial charge in [0.25, 0.3) is 5.91 Å². The number of rotatable bonds is 3. The minimum Gasteiger partial charge on any atom is -0.346 e. The highest BCUT2D eigenvalue weighted by Gasteiger charge is 2.10. The van der Waals surface area contributed by atoms with Gasteiger partial charge in [0.2, 0.25) is 0 Å². The quantitative estimate of drug-likeness (QED) is 0.805. The molecule has 4 nitrogen and oxygen atoms in total. The molecule has 2 heterocycles. The van der Waals surface area contributed by atoms with Crippen molar-refractivity contribution >= 4 is 23.2 Å². The number of nitrogens with zero attached hydrogens (tertiary/aromatic N) is 2. The zero-order valence-electron chi connectivity index (χ0n) is 11.2. The molecule has 0 saturated carbocycles. The van der Waals surface area contributed by atoms with E-state index in [0.717, 1.165) is 12.1 Å². The van der Waals surface area contributed by atoms with E-state index >= 15 is 0 Å². The van der Waals surface area contributed by atoms with Crippen molar-refractivity contribution in [3.63, 3.8) is 0 Å². The van der Waals surface area contributed by atoms with Gasteiger partial charge < -0.3 is 9.72 Å². The van der Waals surface area contributed by atoms with Crippen LogP contribution in [0.25, 0.3) is 5.65 Å². The Morgan fingerprint density at radius 3 is 2.82 bits per heavy atom. The van der Waals surface area contributed by atoms with Crippen LogP contribution in [-0.4, -0.2) is 15.3 Å². The van der Waals surface area contributed by atoms with Crippen LogP contribution in [-0.2, 0) is 6.54 Å². The van der Waals surface area contributed by atoms with Crippen LogP contribution in [0.4, 0.5) is 8.78 Å². The third-order valence-electron chi connectivity index (χ3n) is 3.08. The molecule has 0 aliphatic heterocycles. The lowest BCUT2D eigenvalue weighted by molar-refractivity contribution is 0.0950. The van der Waals surface area contributed by atoms with E-state index in [1.165, 1.54) is 6.07 Å². The number of fused-ring (bicyclic) bond motifs is 1. The topological polar surface area (TPSA) is 46.4 Å². The van der Waals surface area contributed by atoms with Crippen molar-refractivity contribution in [3.05, 3.63) is 70.6 Å². The van der Waals surface area contributed by atoms with Crippen LogP contribution < -0.4 is 5.32 Å². The van der Waals surface area contributed by atoms with Gasteiger partial charge in [-0.2, -0.15) is 0 Å². The van der Waals surface area contributed by atoms with Gasteiger partial charge in [-0.25, -0.2) is 13.8 Å². The third kappa shape index (κ3) is 2.92. The summed E-state index contributed by atoms with van der Waals surface area (Å²) in [5, 5.41) is 3.17. The van der Waals surface area contributed by atoms with Crippen molar-refractivity contribution < 1.29 is 13.6 Å². The average Bonchev–Trinajstić information content (AvgIpc) is 2.89. The molecule has 0 radical (unpaired) electrons.